The molecule has 0 fully saturated rings. The van der Waals surface area contributed by atoms with E-state index in [0.29, 0.717) is 5.92 Å². The maximum Gasteiger partial charge on any atom is 0.246 e. The lowest BCUT2D eigenvalue weighted by Crippen LogP contribution is -2.32. The molecule has 2 aromatic carbocycles. The number of benzene rings is 2. The zero-order valence-electron chi connectivity index (χ0n) is 14.8. The van der Waals surface area contributed by atoms with Crippen LogP contribution < -0.4 is 15.4 Å². The highest BCUT2D eigenvalue weighted by molar-refractivity contribution is 5.96. The molecule has 0 bridgehead atoms. The first-order valence-electron chi connectivity index (χ1n) is 8.35. The molecule has 4 nitrogen and oxygen atoms in total. The number of para-hydroxylation sites is 1. The molecule has 0 aliphatic carbocycles. The molecule has 128 valence electrons. The summed E-state index contributed by atoms with van der Waals surface area (Å²) in [5, 5.41) is 6.25. The molecule has 0 aromatic heterocycles. The molecule has 0 heterocycles. The van der Waals surface area contributed by atoms with Crippen LogP contribution in [0.15, 0.2) is 48.5 Å². The predicted octanol–water partition coefficient (Wildman–Crippen LogP) is 4.65. The number of ether oxygens (including phenoxy) is 1. The molecular weight excluding hydrogens is 300 g/mol. The van der Waals surface area contributed by atoms with Gasteiger partial charge in [-0.3, -0.25) is 4.79 Å². The van der Waals surface area contributed by atoms with Crippen LogP contribution in [0, 0.1) is 0 Å². The van der Waals surface area contributed by atoms with Gasteiger partial charge in [-0.15, -0.1) is 0 Å². The second-order valence-corrected chi connectivity index (χ2v) is 5.98. The SMILES string of the molecule is CC[C@@H](C)c1ccccc1NC(=O)[C@@H](C)Nc1ccc(OC)cc1. The summed E-state index contributed by atoms with van der Waals surface area (Å²) in [6.07, 6.45) is 1.03. The average Bonchev–Trinajstić information content (AvgIpc) is 2.62. The summed E-state index contributed by atoms with van der Waals surface area (Å²) in [5.41, 5.74) is 2.94. The first-order valence-corrected chi connectivity index (χ1v) is 8.35. The molecule has 0 unspecified atom stereocenters. The standard InChI is InChI=1S/C20H26N2O2/c1-5-14(2)18-8-6-7-9-19(18)22-20(23)15(3)21-16-10-12-17(24-4)13-11-16/h6-15,21H,5H2,1-4H3,(H,22,23)/t14-,15-/m1/s1. The van der Waals surface area contributed by atoms with Gasteiger partial charge in [-0.2, -0.15) is 0 Å². The molecule has 24 heavy (non-hydrogen) atoms. The number of hydrogen-bond donors (Lipinski definition) is 2. The van der Waals surface area contributed by atoms with Crippen molar-refractivity contribution in [1.29, 1.82) is 0 Å². The second kappa shape index (κ2) is 8.39. The Balaban J connectivity index is 2.03. The van der Waals surface area contributed by atoms with Crippen molar-refractivity contribution in [2.24, 2.45) is 0 Å². The zero-order valence-corrected chi connectivity index (χ0v) is 14.8. The zero-order chi connectivity index (χ0) is 17.5. The van der Waals surface area contributed by atoms with Gasteiger partial charge in [0.15, 0.2) is 0 Å². The highest BCUT2D eigenvalue weighted by Gasteiger charge is 2.16. The lowest BCUT2D eigenvalue weighted by Gasteiger charge is -2.19. The Bertz CT molecular complexity index is 668. The number of nitrogens with one attached hydrogen (secondary N) is 2. The Labute approximate surface area is 144 Å². The van der Waals surface area contributed by atoms with Crippen LogP contribution in [-0.2, 0) is 4.79 Å². The van der Waals surface area contributed by atoms with E-state index in [4.69, 9.17) is 4.74 Å². The van der Waals surface area contributed by atoms with Gasteiger partial charge in [0.05, 0.1) is 7.11 Å². The summed E-state index contributed by atoms with van der Waals surface area (Å²) in [6.45, 7) is 6.17. The minimum absolute atomic E-state index is 0.0541. The fraction of sp³-hybridized carbons (Fsp3) is 0.350. The monoisotopic (exact) mass is 326 g/mol. The van der Waals surface area contributed by atoms with Crippen LogP contribution in [0.25, 0.3) is 0 Å². The minimum atomic E-state index is -0.344. The number of anilines is 2. The molecule has 1 amide bonds. The van der Waals surface area contributed by atoms with Gasteiger partial charge in [0.25, 0.3) is 0 Å². The number of carbonyl (C=O) groups excluding carboxylic acids is 1. The van der Waals surface area contributed by atoms with Crippen LogP contribution in [-0.4, -0.2) is 19.1 Å². The molecule has 2 aromatic rings. The molecular formula is C20H26N2O2. The van der Waals surface area contributed by atoms with Crippen LogP contribution in [0.2, 0.25) is 0 Å². The number of carbonyl (C=O) groups is 1. The number of methoxy groups -OCH3 is 1. The van der Waals surface area contributed by atoms with E-state index >= 15 is 0 Å². The third-order valence-corrected chi connectivity index (χ3v) is 4.23. The Morgan fingerprint density at radius 3 is 2.38 bits per heavy atom. The third kappa shape index (κ3) is 4.51. The van der Waals surface area contributed by atoms with Gasteiger partial charge in [-0.05, 0) is 55.2 Å². The van der Waals surface area contributed by atoms with Crippen molar-refractivity contribution in [3.05, 3.63) is 54.1 Å². The van der Waals surface area contributed by atoms with E-state index in [1.807, 2.05) is 49.4 Å². The van der Waals surface area contributed by atoms with Crippen LogP contribution in [0.3, 0.4) is 0 Å². The van der Waals surface area contributed by atoms with Gasteiger partial charge < -0.3 is 15.4 Å². The van der Waals surface area contributed by atoms with Gasteiger partial charge in [0.2, 0.25) is 5.91 Å². The van der Waals surface area contributed by atoms with E-state index in [1.54, 1.807) is 7.11 Å². The molecule has 2 rings (SSSR count). The minimum Gasteiger partial charge on any atom is -0.497 e. The predicted molar refractivity (Wildman–Crippen MR) is 99.9 cm³/mol. The molecule has 2 atom stereocenters. The highest BCUT2D eigenvalue weighted by Crippen LogP contribution is 2.26. The first kappa shape index (κ1) is 17.9. The van der Waals surface area contributed by atoms with Crippen LogP contribution in [0.4, 0.5) is 11.4 Å². The fourth-order valence-corrected chi connectivity index (χ4v) is 2.50. The largest absolute Gasteiger partial charge is 0.497 e. The molecule has 0 aliphatic heterocycles. The lowest BCUT2D eigenvalue weighted by molar-refractivity contribution is -0.116. The van der Waals surface area contributed by atoms with Gasteiger partial charge >= 0.3 is 0 Å². The number of amides is 1. The molecule has 2 N–H and O–H groups in total. The van der Waals surface area contributed by atoms with E-state index in [1.165, 1.54) is 5.56 Å². The van der Waals surface area contributed by atoms with Crippen molar-refractivity contribution in [2.45, 2.75) is 39.2 Å². The van der Waals surface area contributed by atoms with E-state index < -0.39 is 0 Å². The molecule has 4 heteroatoms. The molecule has 0 aliphatic rings. The van der Waals surface area contributed by atoms with Crippen LogP contribution in [0.5, 0.6) is 5.75 Å². The third-order valence-electron chi connectivity index (χ3n) is 4.23. The normalized spacial score (nSPS) is 13.0. The molecule has 0 spiro atoms. The van der Waals surface area contributed by atoms with E-state index in [0.717, 1.165) is 23.5 Å². The Morgan fingerprint density at radius 2 is 1.75 bits per heavy atom. The topological polar surface area (TPSA) is 50.4 Å². The van der Waals surface area contributed by atoms with E-state index in [-0.39, 0.29) is 11.9 Å². The quantitative estimate of drug-likeness (QED) is 0.779. The lowest BCUT2D eigenvalue weighted by atomic mass is 9.97. The number of hydrogen-bond acceptors (Lipinski definition) is 3. The van der Waals surface area contributed by atoms with Crippen LogP contribution >= 0.6 is 0 Å². The Kier molecular flexibility index (Phi) is 6.24. The summed E-state index contributed by atoms with van der Waals surface area (Å²) < 4.78 is 5.14. The fourth-order valence-electron chi connectivity index (χ4n) is 2.50. The van der Waals surface area contributed by atoms with Gasteiger partial charge in [-0.25, -0.2) is 0 Å². The smallest absolute Gasteiger partial charge is 0.246 e. The van der Waals surface area contributed by atoms with Crippen LogP contribution in [0.1, 0.15) is 38.7 Å². The summed E-state index contributed by atoms with van der Waals surface area (Å²) in [6, 6.07) is 15.2. The van der Waals surface area contributed by atoms with Crippen molar-refractivity contribution in [3.63, 3.8) is 0 Å². The van der Waals surface area contributed by atoms with Crippen molar-refractivity contribution in [2.75, 3.05) is 17.7 Å². The van der Waals surface area contributed by atoms with Crippen molar-refractivity contribution < 1.29 is 9.53 Å². The summed E-state index contributed by atoms with van der Waals surface area (Å²) >= 11 is 0. The van der Waals surface area contributed by atoms with E-state index in [2.05, 4.69) is 30.5 Å². The average molecular weight is 326 g/mol. The summed E-state index contributed by atoms with van der Waals surface area (Å²) in [4.78, 5) is 12.5. The molecule has 0 radical (unpaired) electrons. The maximum atomic E-state index is 12.5. The van der Waals surface area contributed by atoms with Crippen molar-refractivity contribution in [3.8, 4) is 5.75 Å². The Hall–Kier alpha value is -2.49. The molecule has 0 saturated heterocycles. The van der Waals surface area contributed by atoms with Gasteiger partial charge in [0, 0.05) is 11.4 Å². The van der Waals surface area contributed by atoms with E-state index in [9.17, 15) is 4.79 Å². The second-order valence-electron chi connectivity index (χ2n) is 5.98. The number of rotatable bonds is 7. The highest BCUT2D eigenvalue weighted by atomic mass is 16.5. The first-order chi connectivity index (χ1) is 11.5. The van der Waals surface area contributed by atoms with Gasteiger partial charge in [-0.1, -0.05) is 32.0 Å². The van der Waals surface area contributed by atoms with Crippen molar-refractivity contribution >= 4 is 17.3 Å². The van der Waals surface area contributed by atoms with Gasteiger partial charge in [0.1, 0.15) is 11.8 Å². The Morgan fingerprint density at radius 1 is 1.08 bits per heavy atom. The summed E-state index contributed by atoms with van der Waals surface area (Å²) in [7, 11) is 1.63. The maximum absolute atomic E-state index is 12.5. The molecule has 0 saturated carbocycles. The van der Waals surface area contributed by atoms with Crippen molar-refractivity contribution in [1.82, 2.24) is 0 Å². The summed E-state index contributed by atoms with van der Waals surface area (Å²) in [5.74, 6) is 1.15.